The second-order valence-corrected chi connectivity index (χ2v) is 8.18. The highest BCUT2D eigenvalue weighted by atomic mass is 19.1. The van der Waals surface area contributed by atoms with Crippen LogP contribution >= 0.6 is 0 Å². The van der Waals surface area contributed by atoms with Crippen LogP contribution in [-0.4, -0.2) is 51.6 Å². The summed E-state index contributed by atoms with van der Waals surface area (Å²) in [5, 5.41) is 18.4. The molecule has 0 spiro atoms. The zero-order valence-electron chi connectivity index (χ0n) is 18.8. The molecule has 34 heavy (non-hydrogen) atoms. The third kappa shape index (κ3) is 6.60. The van der Waals surface area contributed by atoms with Crippen molar-refractivity contribution in [3.8, 4) is 0 Å². The predicted molar refractivity (Wildman–Crippen MR) is 131 cm³/mol. The highest BCUT2D eigenvalue weighted by molar-refractivity contribution is 5.99. The molecule has 1 amide bonds. The fourth-order valence-electron chi connectivity index (χ4n) is 3.65. The van der Waals surface area contributed by atoms with E-state index in [4.69, 9.17) is 0 Å². The maximum atomic E-state index is 14.2. The molecule has 4 rings (SSSR count). The molecule has 1 aromatic heterocycles. The van der Waals surface area contributed by atoms with Crippen LogP contribution in [-0.2, 0) is 4.79 Å². The number of rotatable bonds is 8. The van der Waals surface area contributed by atoms with Gasteiger partial charge in [0.15, 0.2) is 11.6 Å². The van der Waals surface area contributed by atoms with Crippen molar-refractivity contribution in [3.63, 3.8) is 0 Å². The number of benzene rings is 2. The van der Waals surface area contributed by atoms with Gasteiger partial charge in [-0.1, -0.05) is 24.3 Å². The Labute approximate surface area is 197 Å². The van der Waals surface area contributed by atoms with Crippen molar-refractivity contribution in [2.24, 2.45) is 0 Å². The molecule has 2 heterocycles. The lowest BCUT2D eigenvalue weighted by Crippen LogP contribution is -2.22. The molecule has 0 aliphatic carbocycles. The van der Waals surface area contributed by atoms with Crippen LogP contribution < -0.4 is 16.0 Å². The number of hydrogen-bond acceptors (Lipinski definition) is 7. The van der Waals surface area contributed by atoms with Crippen molar-refractivity contribution >= 4 is 34.7 Å². The third-order valence-electron chi connectivity index (χ3n) is 5.29. The molecule has 0 unspecified atom stereocenters. The van der Waals surface area contributed by atoms with Crippen molar-refractivity contribution in [1.82, 2.24) is 14.9 Å². The number of aromatic nitrogens is 2. The van der Waals surface area contributed by atoms with Gasteiger partial charge in [0.25, 0.3) is 0 Å². The van der Waals surface area contributed by atoms with Gasteiger partial charge in [-0.15, -0.1) is 0 Å². The first-order valence-electron chi connectivity index (χ1n) is 11.1. The van der Waals surface area contributed by atoms with Gasteiger partial charge in [-0.25, -0.2) is 9.37 Å². The molecule has 0 bridgehead atoms. The average molecular weight is 463 g/mol. The maximum Gasteiger partial charge on any atom is 0.248 e. The van der Waals surface area contributed by atoms with Crippen LogP contribution in [0.15, 0.2) is 66.9 Å². The van der Waals surface area contributed by atoms with Crippen molar-refractivity contribution in [1.29, 1.82) is 0 Å². The molecule has 9 heteroatoms. The van der Waals surface area contributed by atoms with Crippen molar-refractivity contribution in [2.45, 2.75) is 19.4 Å². The van der Waals surface area contributed by atoms with Crippen LogP contribution in [0.3, 0.4) is 0 Å². The second kappa shape index (κ2) is 10.9. The van der Waals surface area contributed by atoms with E-state index >= 15 is 0 Å². The molecule has 176 valence electrons. The van der Waals surface area contributed by atoms with Gasteiger partial charge in [0, 0.05) is 42.8 Å². The zero-order chi connectivity index (χ0) is 23.9. The Morgan fingerprint density at radius 1 is 1.18 bits per heavy atom. The smallest absolute Gasteiger partial charge is 0.248 e. The lowest BCUT2D eigenvalue weighted by atomic mass is 10.2. The first kappa shape index (κ1) is 23.3. The standard InChI is InChI=1S/C25H27FN6O2/c1-17-5-2-6-18(13-17)29-24-22(26)15-27-25(31-24)30-20-8-3-7-19(14-20)28-23(34)9-4-11-32-12-10-21(33)16-32/h2-9,13-15,21,33H,10-12,16H2,1H3,(H,28,34)(H2,27,29,30,31)/b9-4+/t21-/m1/s1. The van der Waals surface area contributed by atoms with E-state index < -0.39 is 5.82 Å². The Balaban J connectivity index is 1.37. The van der Waals surface area contributed by atoms with E-state index in [1.54, 1.807) is 30.3 Å². The van der Waals surface area contributed by atoms with E-state index in [1.807, 2.05) is 31.2 Å². The second-order valence-electron chi connectivity index (χ2n) is 8.18. The summed E-state index contributed by atoms with van der Waals surface area (Å²) in [5.74, 6) is -0.543. The van der Waals surface area contributed by atoms with Crippen LogP contribution in [0.1, 0.15) is 12.0 Å². The van der Waals surface area contributed by atoms with Gasteiger partial charge in [-0.05, 0) is 49.2 Å². The van der Waals surface area contributed by atoms with E-state index in [0.29, 0.717) is 24.5 Å². The first-order chi connectivity index (χ1) is 16.4. The Morgan fingerprint density at radius 2 is 1.94 bits per heavy atom. The van der Waals surface area contributed by atoms with Crippen LogP contribution in [0.25, 0.3) is 0 Å². The van der Waals surface area contributed by atoms with Gasteiger partial charge < -0.3 is 21.1 Å². The topological polar surface area (TPSA) is 102 Å². The Hall–Kier alpha value is -3.82. The molecule has 0 saturated carbocycles. The molecule has 1 aliphatic heterocycles. The van der Waals surface area contributed by atoms with Gasteiger partial charge in [0.1, 0.15) is 0 Å². The largest absolute Gasteiger partial charge is 0.392 e. The lowest BCUT2D eigenvalue weighted by molar-refractivity contribution is -0.111. The van der Waals surface area contributed by atoms with Crippen molar-refractivity contribution < 1.29 is 14.3 Å². The van der Waals surface area contributed by atoms with E-state index in [1.165, 1.54) is 6.08 Å². The quantitative estimate of drug-likeness (QED) is 0.376. The Morgan fingerprint density at radius 3 is 2.71 bits per heavy atom. The van der Waals surface area contributed by atoms with Crippen LogP contribution in [0.2, 0.25) is 0 Å². The summed E-state index contributed by atoms with van der Waals surface area (Å²) in [4.78, 5) is 22.6. The number of halogens is 1. The number of carbonyl (C=O) groups is 1. The maximum absolute atomic E-state index is 14.2. The third-order valence-corrected chi connectivity index (χ3v) is 5.29. The number of nitrogens with one attached hydrogen (secondary N) is 3. The summed E-state index contributed by atoms with van der Waals surface area (Å²) in [5.41, 5.74) is 3.00. The van der Waals surface area contributed by atoms with Crippen molar-refractivity contribution in [3.05, 3.63) is 78.3 Å². The van der Waals surface area contributed by atoms with Crippen LogP contribution in [0.5, 0.6) is 0 Å². The Bertz CT molecular complexity index is 1190. The van der Waals surface area contributed by atoms with E-state index in [0.717, 1.165) is 30.4 Å². The molecular weight excluding hydrogens is 435 g/mol. The normalized spacial score (nSPS) is 16.0. The number of amides is 1. The number of β-amino-alcohol motifs (C(OH)–C–C–N with tert-alkyl or cyclic N) is 1. The highest BCUT2D eigenvalue weighted by Gasteiger charge is 2.18. The molecule has 3 aromatic rings. The highest BCUT2D eigenvalue weighted by Crippen LogP contribution is 2.22. The number of aliphatic hydroxyl groups is 1. The van der Waals surface area contributed by atoms with Crippen LogP contribution in [0, 0.1) is 12.7 Å². The molecule has 1 saturated heterocycles. The molecular formula is C25H27FN6O2. The summed E-state index contributed by atoms with van der Waals surface area (Å²) in [6.07, 6.45) is 4.85. The molecule has 1 atom stereocenters. The van der Waals surface area contributed by atoms with Crippen LogP contribution in [0.4, 0.5) is 33.2 Å². The molecule has 4 N–H and O–H groups in total. The molecule has 1 fully saturated rings. The van der Waals surface area contributed by atoms with E-state index in [2.05, 4.69) is 30.8 Å². The minimum Gasteiger partial charge on any atom is -0.392 e. The summed E-state index contributed by atoms with van der Waals surface area (Å²) in [7, 11) is 0. The number of aryl methyl sites for hydroxylation is 1. The number of likely N-dealkylation sites (tertiary alicyclic amines) is 1. The fourth-order valence-corrected chi connectivity index (χ4v) is 3.65. The van der Waals surface area contributed by atoms with Crippen molar-refractivity contribution in [2.75, 3.05) is 35.6 Å². The number of hydrogen-bond donors (Lipinski definition) is 4. The van der Waals surface area contributed by atoms with Gasteiger partial charge in [0.05, 0.1) is 12.3 Å². The minimum absolute atomic E-state index is 0.0585. The zero-order valence-corrected chi connectivity index (χ0v) is 18.8. The summed E-state index contributed by atoms with van der Waals surface area (Å²) in [6.45, 7) is 4.03. The summed E-state index contributed by atoms with van der Waals surface area (Å²) < 4.78 is 14.2. The molecule has 0 radical (unpaired) electrons. The molecule has 2 aromatic carbocycles. The monoisotopic (exact) mass is 462 g/mol. The summed E-state index contributed by atoms with van der Waals surface area (Å²) >= 11 is 0. The minimum atomic E-state index is -0.566. The van der Waals surface area contributed by atoms with Gasteiger partial charge in [-0.2, -0.15) is 4.98 Å². The fraction of sp³-hybridized carbons (Fsp3) is 0.240. The molecule has 1 aliphatic rings. The number of anilines is 5. The van der Waals surface area contributed by atoms with Gasteiger partial charge >= 0.3 is 0 Å². The SMILES string of the molecule is Cc1cccc(Nc2nc(Nc3cccc(NC(=O)/C=C/CN4CC[C@@H](O)C4)c3)ncc2F)c1. The molecule has 8 nitrogen and oxygen atoms in total. The number of aliphatic hydroxyl groups excluding tert-OH is 1. The lowest BCUT2D eigenvalue weighted by Gasteiger charge is -2.11. The summed E-state index contributed by atoms with van der Waals surface area (Å²) in [6, 6.07) is 14.6. The van der Waals surface area contributed by atoms with E-state index in [9.17, 15) is 14.3 Å². The number of nitrogens with zero attached hydrogens (tertiary/aromatic N) is 3. The van der Waals surface area contributed by atoms with Gasteiger partial charge in [0.2, 0.25) is 11.9 Å². The van der Waals surface area contributed by atoms with Gasteiger partial charge in [-0.3, -0.25) is 9.69 Å². The predicted octanol–water partition coefficient (Wildman–Crippen LogP) is 3.97. The Kier molecular flexibility index (Phi) is 7.46. The van der Waals surface area contributed by atoms with E-state index in [-0.39, 0.29) is 23.8 Å². The first-order valence-corrected chi connectivity index (χ1v) is 11.1. The number of carbonyl (C=O) groups excluding carboxylic acids is 1. The average Bonchev–Trinajstić information content (AvgIpc) is 3.21.